The van der Waals surface area contributed by atoms with E-state index in [2.05, 4.69) is 0 Å². The molecule has 2 atom stereocenters. The van der Waals surface area contributed by atoms with Crippen LogP contribution in [0.1, 0.15) is 19.3 Å². The van der Waals surface area contributed by atoms with Crippen LogP contribution in [0.5, 0.6) is 0 Å². The van der Waals surface area contributed by atoms with Gasteiger partial charge in [0.25, 0.3) is 0 Å². The summed E-state index contributed by atoms with van der Waals surface area (Å²) in [7, 11) is 0. The van der Waals surface area contributed by atoms with E-state index in [9.17, 15) is 4.79 Å². The van der Waals surface area contributed by atoms with Gasteiger partial charge in [0.15, 0.2) is 5.78 Å². The highest BCUT2D eigenvalue weighted by atomic mass is 16.5. The van der Waals surface area contributed by atoms with Crippen LogP contribution in [0.3, 0.4) is 0 Å². The van der Waals surface area contributed by atoms with Gasteiger partial charge in [-0.05, 0) is 19.3 Å². The smallest absolute Gasteiger partial charge is 0.168 e. The van der Waals surface area contributed by atoms with Crippen molar-refractivity contribution < 1.29 is 9.53 Å². The lowest BCUT2D eigenvalue weighted by Gasteiger charge is -2.15. The van der Waals surface area contributed by atoms with Gasteiger partial charge in [0.05, 0.1) is 12.9 Å². The van der Waals surface area contributed by atoms with Crippen molar-refractivity contribution in [3.05, 3.63) is 24.0 Å². The normalized spacial score (nSPS) is 31.1. The Morgan fingerprint density at radius 1 is 1.50 bits per heavy atom. The number of rotatable bonds is 2. The molecule has 0 amide bonds. The fraction of sp³-hybridized carbons (Fsp3) is 0.545. The van der Waals surface area contributed by atoms with Crippen LogP contribution < -0.4 is 5.73 Å². The number of carbonyl (C=O) groups is 1. The fourth-order valence-electron chi connectivity index (χ4n) is 1.91. The van der Waals surface area contributed by atoms with Crippen molar-refractivity contribution >= 4 is 5.78 Å². The zero-order chi connectivity index (χ0) is 9.97. The predicted molar refractivity (Wildman–Crippen MR) is 53.5 cm³/mol. The molecule has 0 spiro atoms. The van der Waals surface area contributed by atoms with E-state index in [4.69, 9.17) is 10.5 Å². The third kappa shape index (κ3) is 1.87. The van der Waals surface area contributed by atoms with E-state index < -0.39 is 0 Å². The van der Waals surface area contributed by atoms with E-state index >= 15 is 0 Å². The molecule has 1 aliphatic carbocycles. The van der Waals surface area contributed by atoms with Crippen molar-refractivity contribution in [3.8, 4) is 0 Å². The second-order valence-corrected chi connectivity index (χ2v) is 3.87. The Balaban J connectivity index is 2.01. The highest BCUT2D eigenvalue weighted by molar-refractivity contribution is 5.98. The maximum Gasteiger partial charge on any atom is 0.168 e. The van der Waals surface area contributed by atoms with Gasteiger partial charge in [-0.3, -0.25) is 4.79 Å². The van der Waals surface area contributed by atoms with Crippen LogP contribution in [0.4, 0.5) is 0 Å². The van der Waals surface area contributed by atoms with Gasteiger partial charge in [-0.2, -0.15) is 0 Å². The zero-order valence-electron chi connectivity index (χ0n) is 8.11. The minimum Gasteiger partial charge on any atom is -0.501 e. The first-order valence-electron chi connectivity index (χ1n) is 5.06. The molecule has 0 aromatic heterocycles. The Labute approximate surface area is 83.6 Å². The molecule has 0 bridgehead atoms. The monoisotopic (exact) mass is 193 g/mol. The largest absolute Gasteiger partial charge is 0.501 e. The maximum atomic E-state index is 11.9. The Morgan fingerprint density at radius 3 is 2.93 bits per heavy atom. The van der Waals surface area contributed by atoms with Crippen molar-refractivity contribution in [2.24, 2.45) is 11.7 Å². The number of ether oxygens (including phenoxy) is 1. The van der Waals surface area contributed by atoms with Gasteiger partial charge in [0.1, 0.15) is 0 Å². The molecule has 3 nitrogen and oxygen atoms in total. The molecule has 2 rings (SSSR count). The summed E-state index contributed by atoms with van der Waals surface area (Å²) in [5.41, 5.74) is 6.52. The molecule has 0 saturated heterocycles. The predicted octanol–water partition coefficient (Wildman–Crippen LogP) is 1.15. The highest BCUT2D eigenvalue weighted by Gasteiger charge is 2.26. The van der Waals surface area contributed by atoms with E-state index in [0.29, 0.717) is 0 Å². The lowest BCUT2D eigenvalue weighted by atomic mass is 9.94. The van der Waals surface area contributed by atoms with Crippen molar-refractivity contribution in [2.75, 3.05) is 6.61 Å². The lowest BCUT2D eigenvalue weighted by Crippen LogP contribution is -2.21. The summed E-state index contributed by atoms with van der Waals surface area (Å²) in [6, 6.07) is 0.0501. The molecule has 0 aromatic carbocycles. The Kier molecular flexibility index (Phi) is 2.68. The van der Waals surface area contributed by atoms with E-state index in [-0.39, 0.29) is 17.7 Å². The number of ketones is 1. The van der Waals surface area contributed by atoms with Crippen molar-refractivity contribution in [3.63, 3.8) is 0 Å². The third-order valence-corrected chi connectivity index (χ3v) is 2.70. The average Bonchev–Trinajstić information content (AvgIpc) is 2.65. The van der Waals surface area contributed by atoms with E-state index in [0.717, 1.165) is 31.4 Å². The number of nitrogens with two attached hydrogens (primary N) is 1. The number of allylic oxidation sites excluding steroid dienone is 2. The van der Waals surface area contributed by atoms with Gasteiger partial charge in [-0.15, -0.1) is 0 Å². The van der Waals surface area contributed by atoms with Gasteiger partial charge in [0.2, 0.25) is 0 Å². The number of hydrogen-bond donors (Lipinski definition) is 1. The summed E-state index contributed by atoms with van der Waals surface area (Å²) in [6.45, 7) is 0.733. The van der Waals surface area contributed by atoms with E-state index in [1.54, 1.807) is 6.26 Å². The number of Topliss-reactive ketones (excluding diaryl/α,β-unsaturated/α-hetero) is 1. The molecule has 76 valence electrons. The summed E-state index contributed by atoms with van der Waals surface area (Å²) in [5, 5.41) is 0. The maximum absolute atomic E-state index is 11.9. The minimum absolute atomic E-state index is 0.0158. The van der Waals surface area contributed by atoms with Crippen LogP contribution in [0, 0.1) is 5.92 Å². The van der Waals surface area contributed by atoms with Gasteiger partial charge >= 0.3 is 0 Å². The average molecular weight is 193 g/mol. The number of hydrogen-bond acceptors (Lipinski definition) is 3. The second-order valence-electron chi connectivity index (χ2n) is 3.87. The van der Waals surface area contributed by atoms with Crippen LogP contribution in [-0.2, 0) is 9.53 Å². The van der Waals surface area contributed by atoms with Crippen LogP contribution >= 0.6 is 0 Å². The first-order valence-corrected chi connectivity index (χ1v) is 5.06. The van der Waals surface area contributed by atoms with Crippen LogP contribution in [0.15, 0.2) is 24.0 Å². The van der Waals surface area contributed by atoms with Crippen molar-refractivity contribution in [2.45, 2.75) is 25.3 Å². The summed E-state index contributed by atoms with van der Waals surface area (Å²) in [5.74, 6) is 0.173. The first kappa shape index (κ1) is 9.46. The molecule has 0 radical (unpaired) electrons. The summed E-state index contributed by atoms with van der Waals surface area (Å²) in [4.78, 5) is 11.9. The van der Waals surface area contributed by atoms with Crippen LogP contribution in [-0.4, -0.2) is 18.4 Å². The molecule has 3 heteroatoms. The summed E-state index contributed by atoms with van der Waals surface area (Å²) in [6.07, 6.45) is 7.98. The molecule has 0 fully saturated rings. The second kappa shape index (κ2) is 3.96. The molecule has 14 heavy (non-hydrogen) atoms. The molecule has 1 aliphatic heterocycles. The van der Waals surface area contributed by atoms with Gasteiger partial charge in [0, 0.05) is 17.5 Å². The Bertz CT molecular complexity index is 294. The number of carbonyl (C=O) groups excluding carboxylic acids is 1. The quantitative estimate of drug-likeness (QED) is 0.669. The zero-order valence-corrected chi connectivity index (χ0v) is 8.11. The van der Waals surface area contributed by atoms with Crippen LogP contribution in [0.25, 0.3) is 0 Å². The Hall–Kier alpha value is -1.09. The summed E-state index contributed by atoms with van der Waals surface area (Å²) < 4.78 is 5.15. The third-order valence-electron chi connectivity index (χ3n) is 2.70. The fourth-order valence-corrected chi connectivity index (χ4v) is 1.91. The minimum atomic E-state index is -0.0158. The first-order chi connectivity index (χ1) is 6.77. The molecular formula is C11H15NO2. The topological polar surface area (TPSA) is 52.3 Å². The Morgan fingerprint density at radius 2 is 2.36 bits per heavy atom. The molecule has 1 heterocycles. The van der Waals surface area contributed by atoms with E-state index in [1.165, 1.54) is 0 Å². The SMILES string of the molecule is NC1C=CC(C(=O)C2=COCCC2)C1. The summed E-state index contributed by atoms with van der Waals surface area (Å²) >= 11 is 0. The van der Waals surface area contributed by atoms with Crippen molar-refractivity contribution in [1.82, 2.24) is 0 Å². The highest BCUT2D eigenvalue weighted by Crippen LogP contribution is 2.24. The molecular weight excluding hydrogens is 178 g/mol. The van der Waals surface area contributed by atoms with Gasteiger partial charge in [-0.25, -0.2) is 0 Å². The molecule has 0 aromatic rings. The molecule has 0 saturated carbocycles. The molecule has 2 unspecified atom stereocenters. The van der Waals surface area contributed by atoms with Crippen molar-refractivity contribution in [1.29, 1.82) is 0 Å². The van der Waals surface area contributed by atoms with Gasteiger partial charge in [-0.1, -0.05) is 12.2 Å². The molecule has 2 aliphatic rings. The molecule has 2 N–H and O–H groups in total. The lowest BCUT2D eigenvalue weighted by molar-refractivity contribution is -0.118. The van der Waals surface area contributed by atoms with Gasteiger partial charge < -0.3 is 10.5 Å². The van der Waals surface area contributed by atoms with E-state index in [1.807, 2.05) is 12.2 Å². The standard InChI is InChI=1S/C11H15NO2/c12-10-4-3-8(6-10)11(13)9-2-1-5-14-7-9/h3-4,7-8,10H,1-2,5-6,12H2. The van der Waals surface area contributed by atoms with Crippen LogP contribution in [0.2, 0.25) is 0 Å².